The Bertz CT molecular complexity index is 443. The summed E-state index contributed by atoms with van der Waals surface area (Å²) in [5, 5.41) is 0. The number of piperidine rings is 1. The molecular formula is C12H14BrNO2S. The molecule has 0 N–H and O–H groups in total. The van der Waals surface area contributed by atoms with E-state index in [0.29, 0.717) is 25.3 Å². The van der Waals surface area contributed by atoms with Crippen molar-refractivity contribution in [1.82, 2.24) is 4.90 Å². The zero-order chi connectivity index (χ0) is 12.4. The number of amides is 1. The largest absolute Gasteiger partial charge is 0.337 e. The van der Waals surface area contributed by atoms with Gasteiger partial charge in [-0.2, -0.15) is 0 Å². The average molecular weight is 316 g/mol. The van der Waals surface area contributed by atoms with Crippen molar-refractivity contribution in [3.63, 3.8) is 0 Å². The average Bonchev–Trinajstić information content (AvgIpc) is 2.75. The molecule has 3 nitrogen and oxygen atoms in total. The number of likely N-dealkylation sites (tertiary alicyclic amines) is 1. The molecule has 0 bridgehead atoms. The van der Waals surface area contributed by atoms with E-state index in [4.69, 9.17) is 0 Å². The van der Waals surface area contributed by atoms with Gasteiger partial charge in [-0.3, -0.25) is 9.59 Å². The van der Waals surface area contributed by atoms with Crippen molar-refractivity contribution in [3.05, 3.63) is 20.8 Å². The number of carbonyl (C=O) groups is 2. The van der Waals surface area contributed by atoms with Crippen LogP contribution in [-0.4, -0.2) is 29.7 Å². The van der Waals surface area contributed by atoms with Crippen molar-refractivity contribution in [2.24, 2.45) is 5.92 Å². The molecule has 1 aliphatic heterocycles. The molecule has 1 atom stereocenters. The number of halogens is 1. The van der Waals surface area contributed by atoms with Crippen LogP contribution in [0.4, 0.5) is 0 Å². The van der Waals surface area contributed by atoms with E-state index in [-0.39, 0.29) is 11.8 Å². The summed E-state index contributed by atoms with van der Waals surface area (Å²) in [5.41, 5.74) is 0. The molecule has 1 amide bonds. The Labute approximate surface area is 113 Å². The van der Waals surface area contributed by atoms with E-state index in [2.05, 4.69) is 15.9 Å². The Morgan fingerprint density at radius 1 is 1.59 bits per heavy atom. The van der Waals surface area contributed by atoms with E-state index in [1.165, 1.54) is 11.3 Å². The van der Waals surface area contributed by atoms with Crippen LogP contribution in [-0.2, 0) is 4.79 Å². The lowest BCUT2D eigenvalue weighted by molar-refractivity contribution is -0.125. The minimum absolute atomic E-state index is 0.0242. The standard InChI is InChI=1S/C12H14BrNO2S/c1-2-8-7-14(6-5-9(8)15)12(16)10-3-4-11(13)17-10/h3-4,8H,2,5-7H2,1H3. The minimum Gasteiger partial charge on any atom is -0.337 e. The lowest BCUT2D eigenvalue weighted by Gasteiger charge is -2.31. The molecule has 1 aromatic rings. The van der Waals surface area contributed by atoms with Gasteiger partial charge in [-0.05, 0) is 34.5 Å². The molecule has 2 rings (SSSR count). The summed E-state index contributed by atoms with van der Waals surface area (Å²) in [4.78, 5) is 26.3. The Kier molecular flexibility index (Phi) is 3.99. The molecule has 1 aliphatic rings. The van der Waals surface area contributed by atoms with Crippen molar-refractivity contribution in [2.45, 2.75) is 19.8 Å². The van der Waals surface area contributed by atoms with E-state index in [1.807, 2.05) is 19.1 Å². The van der Waals surface area contributed by atoms with Gasteiger partial charge in [0.15, 0.2) is 0 Å². The van der Waals surface area contributed by atoms with Crippen LogP contribution in [0.15, 0.2) is 15.9 Å². The molecule has 0 saturated carbocycles. The number of ketones is 1. The number of rotatable bonds is 2. The van der Waals surface area contributed by atoms with E-state index in [9.17, 15) is 9.59 Å². The minimum atomic E-state index is 0.0242. The Balaban J connectivity index is 2.08. The Morgan fingerprint density at radius 2 is 2.35 bits per heavy atom. The lowest BCUT2D eigenvalue weighted by Crippen LogP contribution is -2.43. The molecule has 0 spiro atoms. The van der Waals surface area contributed by atoms with Gasteiger partial charge in [0.1, 0.15) is 5.78 Å². The molecule has 5 heteroatoms. The van der Waals surface area contributed by atoms with E-state index in [1.54, 1.807) is 4.90 Å². The van der Waals surface area contributed by atoms with Gasteiger partial charge in [-0.15, -0.1) is 11.3 Å². The van der Waals surface area contributed by atoms with E-state index >= 15 is 0 Å². The van der Waals surface area contributed by atoms with Gasteiger partial charge in [0.2, 0.25) is 0 Å². The SMILES string of the molecule is CCC1CN(C(=O)c2ccc(Br)s2)CCC1=O. The topological polar surface area (TPSA) is 37.4 Å². The Hall–Kier alpha value is -0.680. The molecular weight excluding hydrogens is 302 g/mol. The molecule has 1 unspecified atom stereocenters. The predicted octanol–water partition coefficient (Wildman–Crippen LogP) is 2.95. The monoisotopic (exact) mass is 315 g/mol. The van der Waals surface area contributed by atoms with Crippen LogP contribution in [0, 0.1) is 5.92 Å². The third-order valence-electron chi connectivity index (χ3n) is 3.09. The van der Waals surface area contributed by atoms with Crippen LogP contribution in [0.2, 0.25) is 0 Å². The molecule has 2 heterocycles. The second kappa shape index (κ2) is 5.31. The van der Waals surface area contributed by atoms with Gasteiger partial charge < -0.3 is 4.90 Å². The first-order valence-corrected chi connectivity index (χ1v) is 7.30. The summed E-state index contributed by atoms with van der Waals surface area (Å²) in [5.74, 6) is 0.367. The third kappa shape index (κ3) is 2.77. The van der Waals surface area contributed by atoms with Gasteiger partial charge in [-0.25, -0.2) is 0 Å². The maximum absolute atomic E-state index is 12.2. The van der Waals surface area contributed by atoms with Crippen molar-refractivity contribution >= 4 is 39.0 Å². The zero-order valence-electron chi connectivity index (χ0n) is 9.61. The quantitative estimate of drug-likeness (QED) is 0.841. The number of hydrogen-bond acceptors (Lipinski definition) is 3. The molecule has 92 valence electrons. The number of Topliss-reactive ketones (excluding diaryl/α,β-unsaturated/α-hetero) is 1. The fourth-order valence-electron chi connectivity index (χ4n) is 2.03. The van der Waals surface area contributed by atoms with Crippen LogP contribution in [0.3, 0.4) is 0 Å². The normalized spacial score (nSPS) is 20.7. The van der Waals surface area contributed by atoms with Crippen LogP contribution in [0.5, 0.6) is 0 Å². The first kappa shape index (κ1) is 12.8. The highest BCUT2D eigenvalue weighted by molar-refractivity contribution is 9.11. The number of thiophene rings is 1. The fourth-order valence-corrected chi connectivity index (χ4v) is 3.39. The van der Waals surface area contributed by atoms with Gasteiger partial charge in [0, 0.05) is 25.4 Å². The van der Waals surface area contributed by atoms with Crippen LogP contribution in [0.1, 0.15) is 29.4 Å². The second-order valence-electron chi connectivity index (χ2n) is 4.18. The number of nitrogens with zero attached hydrogens (tertiary/aromatic N) is 1. The smallest absolute Gasteiger partial charge is 0.263 e. The van der Waals surface area contributed by atoms with Crippen molar-refractivity contribution in [3.8, 4) is 0 Å². The maximum Gasteiger partial charge on any atom is 0.263 e. The number of hydrogen-bond donors (Lipinski definition) is 0. The Morgan fingerprint density at radius 3 is 2.94 bits per heavy atom. The molecule has 1 aromatic heterocycles. The van der Waals surface area contributed by atoms with Crippen LogP contribution < -0.4 is 0 Å². The van der Waals surface area contributed by atoms with Crippen molar-refractivity contribution in [1.29, 1.82) is 0 Å². The molecule has 1 fully saturated rings. The van der Waals surface area contributed by atoms with Gasteiger partial charge in [0.05, 0.1) is 8.66 Å². The first-order valence-electron chi connectivity index (χ1n) is 5.69. The summed E-state index contributed by atoms with van der Waals surface area (Å²) in [7, 11) is 0. The van der Waals surface area contributed by atoms with E-state index < -0.39 is 0 Å². The second-order valence-corrected chi connectivity index (χ2v) is 6.64. The fraction of sp³-hybridized carbons (Fsp3) is 0.500. The maximum atomic E-state index is 12.2. The first-order chi connectivity index (χ1) is 8.11. The third-order valence-corrected chi connectivity index (χ3v) is 4.70. The summed E-state index contributed by atoms with van der Waals surface area (Å²) < 4.78 is 0.959. The van der Waals surface area contributed by atoms with Crippen LogP contribution in [0.25, 0.3) is 0 Å². The summed E-state index contributed by atoms with van der Waals surface area (Å²) in [6.07, 6.45) is 1.31. The molecule has 0 aliphatic carbocycles. The van der Waals surface area contributed by atoms with Crippen molar-refractivity contribution in [2.75, 3.05) is 13.1 Å². The lowest BCUT2D eigenvalue weighted by atomic mass is 9.94. The number of carbonyl (C=O) groups excluding carboxylic acids is 2. The summed E-state index contributed by atoms with van der Waals surface area (Å²) in [6.45, 7) is 3.13. The summed E-state index contributed by atoms with van der Waals surface area (Å²) >= 11 is 4.79. The van der Waals surface area contributed by atoms with E-state index in [0.717, 1.165) is 15.1 Å². The summed E-state index contributed by atoms with van der Waals surface area (Å²) in [6, 6.07) is 3.71. The van der Waals surface area contributed by atoms with Crippen LogP contribution >= 0.6 is 27.3 Å². The molecule has 0 radical (unpaired) electrons. The highest BCUT2D eigenvalue weighted by Gasteiger charge is 2.29. The van der Waals surface area contributed by atoms with Gasteiger partial charge >= 0.3 is 0 Å². The highest BCUT2D eigenvalue weighted by Crippen LogP contribution is 2.25. The molecule has 1 saturated heterocycles. The molecule has 0 aromatic carbocycles. The predicted molar refractivity (Wildman–Crippen MR) is 71.3 cm³/mol. The van der Waals surface area contributed by atoms with Gasteiger partial charge in [-0.1, -0.05) is 6.92 Å². The zero-order valence-corrected chi connectivity index (χ0v) is 12.0. The molecule has 17 heavy (non-hydrogen) atoms. The van der Waals surface area contributed by atoms with Gasteiger partial charge in [0.25, 0.3) is 5.91 Å². The highest BCUT2D eigenvalue weighted by atomic mass is 79.9. The van der Waals surface area contributed by atoms with Crippen molar-refractivity contribution < 1.29 is 9.59 Å².